The molecule has 2 amide bonds. The van der Waals surface area contributed by atoms with E-state index in [1.807, 2.05) is 0 Å². The number of methoxy groups -OCH3 is 2. The largest absolute Gasteiger partial charge is 0.481 e. The predicted molar refractivity (Wildman–Crippen MR) is 75.8 cm³/mol. The summed E-state index contributed by atoms with van der Waals surface area (Å²) in [5.41, 5.74) is 1.26. The van der Waals surface area contributed by atoms with E-state index in [2.05, 4.69) is 9.97 Å². The fraction of sp³-hybridized carbons (Fsp3) is 0.200. The highest BCUT2D eigenvalue weighted by Gasteiger charge is 2.35. The van der Waals surface area contributed by atoms with Crippen molar-refractivity contribution in [2.24, 2.45) is 0 Å². The van der Waals surface area contributed by atoms with Gasteiger partial charge in [0.25, 0.3) is 11.8 Å². The number of nitrogens with zero attached hydrogens (tertiary/aromatic N) is 3. The lowest BCUT2D eigenvalue weighted by Gasteiger charge is -2.14. The van der Waals surface area contributed by atoms with Gasteiger partial charge in [-0.3, -0.25) is 14.5 Å². The molecular weight excluding hydrogens is 286 g/mol. The molecule has 0 N–H and O–H groups in total. The molecule has 0 atom stereocenters. The average Bonchev–Trinajstić information content (AvgIpc) is 2.80. The molecule has 0 saturated heterocycles. The zero-order valence-electron chi connectivity index (χ0n) is 12.1. The minimum Gasteiger partial charge on any atom is -0.481 e. The van der Waals surface area contributed by atoms with E-state index in [4.69, 9.17) is 9.47 Å². The molecule has 3 rings (SSSR count). The summed E-state index contributed by atoms with van der Waals surface area (Å²) in [6.07, 6.45) is 0. The molecule has 7 nitrogen and oxygen atoms in total. The van der Waals surface area contributed by atoms with Gasteiger partial charge in [0.1, 0.15) is 0 Å². The molecule has 1 aliphatic rings. The minimum atomic E-state index is -0.336. The second-order valence-corrected chi connectivity index (χ2v) is 4.63. The second-order valence-electron chi connectivity index (χ2n) is 4.63. The molecule has 1 aromatic carbocycles. The molecule has 0 saturated carbocycles. The number of amides is 2. The Kier molecular flexibility index (Phi) is 3.46. The molecule has 0 spiro atoms. The fourth-order valence-electron chi connectivity index (χ4n) is 2.27. The van der Waals surface area contributed by atoms with Gasteiger partial charge in [0, 0.05) is 6.07 Å². The molecule has 0 bridgehead atoms. The molecule has 2 heterocycles. The van der Waals surface area contributed by atoms with Gasteiger partial charge in [0.2, 0.25) is 5.88 Å². The molecule has 7 heteroatoms. The van der Waals surface area contributed by atoms with Gasteiger partial charge in [-0.2, -0.15) is 9.97 Å². The summed E-state index contributed by atoms with van der Waals surface area (Å²) in [5.74, 6) is -0.368. The van der Waals surface area contributed by atoms with E-state index < -0.39 is 0 Å². The fourth-order valence-corrected chi connectivity index (χ4v) is 2.27. The molecule has 0 unspecified atom stereocenters. The first-order valence-corrected chi connectivity index (χ1v) is 6.55. The highest BCUT2D eigenvalue weighted by atomic mass is 16.5. The molecular formula is C15H13N3O4. The Morgan fingerprint density at radius 3 is 2.18 bits per heavy atom. The van der Waals surface area contributed by atoms with Crippen LogP contribution in [0.2, 0.25) is 0 Å². The van der Waals surface area contributed by atoms with Gasteiger partial charge < -0.3 is 9.47 Å². The van der Waals surface area contributed by atoms with Crippen molar-refractivity contribution in [1.82, 2.24) is 14.9 Å². The third-order valence-electron chi connectivity index (χ3n) is 3.33. The molecule has 22 heavy (non-hydrogen) atoms. The summed E-state index contributed by atoms with van der Waals surface area (Å²) in [6, 6.07) is 8.40. The monoisotopic (exact) mass is 299 g/mol. The number of carbonyl (C=O) groups excluding carboxylic acids is 2. The van der Waals surface area contributed by atoms with Crippen molar-refractivity contribution in [3.63, 3.8) is 0 Å². The van der Waals surface area contributed by atoms with E-state index in [9.17, 15) is 9.59 Å². The Bertz CT molecular complexity index is 703. The standard InChI is InChI=1S/C15H13N3O4/c1-21-12-7-9(16-15(17-12)22-2)8-18-13(19)10-5-3-4-6-11(10)14(18)20/h3-7H,8H2,1-2H3. The zero-order chi connectivity index (χ0) is 15.7. The molecule has 0 aliphatic carbocycles. The zero-order valence-corrected chi connectivity index (χ0v) is 12.1. The maximum Gasteiger partial charge on any atom is 0.319 e. The molecule has 2 aromatic rings. The van der Waals surface area contributed by atoms with Crippen LogP contribution in [0.1, 0.15) is 26.4 Å². The van der Waals surface area contributed by atoms with Crippen molar-refractivity contribution in [3.8, 4) is 11.9 Å². The van der Waals surface area contributed by atoms with Crippen LogP contribution in [0.15, 0.2) is 30.3 Å². The Morgan fingerprint density at radius 2 is 1.64 bits per heavy atom. The van der Waals surface area contributed by atoms with Crippen molar-refractivity contribution in [2.45, 2.75) is 6.54 Å². The van der Waals surface area contributed by atoms with Crippen LogP contribution in [0.25, 0.3) is 0 Å². The Morgan fingerprint density at radius 1 is 1.00 bits per heavy atom. The van der Waals surface area contributed by atoms with Crippen LogP contribution in [-0.2, 0) is 6.54 Å². The Balaban J connectivity index is 1.92. The number of rotatable bonds is 4. The average molecular weight is 299 g/mol. The van der Waals surface area contributed by atoms with Crippen LogP contribution in [0.4, 0.5) is 0 Å². The van der Waals surface area contributed by atoms with E-state index in [1.54, 1.807) is 30.3 Å². The van der Waals surface area contributed by atoms with Gasteiger partial charge in [-0.25, -0.2) is 0 Å². The Hall–Kier alpha value is -2.96. The number of hydrogen-bond acceptors (Lipinski definition) is 6. The van der Waals surface area contributed by atoms with E-state index in [-0.39, 0.29) is 24.4 Å². The number of aromatic nitrogens is 2. The Labute approximate surface area is 126 Å². The van der Waals surface area contributed by atoms with E-state index in [0.717, 1.165) is 4.90 Å². The lowest BCUT2D eigenvalue weighted by Crippen LogP contribution is -2.29. The lowest BCUT2D eigenvalue weighted by atomic mass is 10.1. The number of carbonyl (C=O) groups is 2. The molecule has 1 aromatic heterocycles. The second kappa shape index (κ2) is 5.44. The first kappa shape index (κ1) is 14.0. The summed E-state index contributed by atoms with van der Waals surface area (Å²) < 4.78 is 10.0. The van der Waals surface area contributed by atoms with Crippen LogP contribution in [0.5, 0.6) is 11.9 Å². The van der Waals surface area contributed by atoms with Crippen LogP contribution in [0, 0.1) is 0 Å². The quantitative estimate of drug-likeness (QED) is 0.791. The van der Waals surface area contributed by atoms with Crippen molar-refractivity contribution in [3.05, 3.63) is 47.2 Å². The van der Waals surface area contributed by atoms with Gasteiger partial charge in [0.15, 0.2) is 0 Å². The first-order valence-electron chi connectivity index (χ1n) is 6.55. The number of benzene rings is 1. The van der Waals surface area contributed by atoms with Gasteiger partial charge in [-0.15, -0.1) is 0 Å². The maximum absolute atomic E-state index is 12.3. The summed E-state index contributed by atoms with van der Waals surface area (Å²) in [4.78, 5) is 33.9. The van der Waals surface area contributed by atoms with Crippen LogP contribution in [0.3, 0.4) is 0 Å². The smallest absolute Gasteiger partial charge is 0.319 e. The van der Waals surface area contributed by atoms with Gasteiger partial charge in [-0.05, 0) is 12.1 Å². The van der Waals surface area contributed by atoms with E-state index in [1.165, 1.54) is 14.2 Å². The third-order valence-corrected chi connectivity index (χ3v) is 3.33. The highest BCUT2D eigenvalue weighted by molar-refractivity contribution is 6.21. The first-order chi connectivity index (χ1) is 10.6. The predicted octanol–water partition coefficient (Wildman–Crippen LogP) is 1.29. The molecule has 112 valence electrons. The number of ether oxygens (including phenoxy) is 2. The lowest BCUT2D eigenvalue weighted by molar-refractivity contribution is 0.0639. The van der Waals surface area contributed by atoms with Gasteiger partial charge in [0.05, 0.1) is 37.6 Å². The number of fused-ring (bicyclic) bond motifs is 1. The number of imide groups is 1. The summed E-state index contributed by atoms with van der Waals surface area (Å²) in [7, 11) is 2.90. The highest BCUT2D eigenvalue weighted by Crippen LogP contribution is 2.24. The maximum atomic E-state index is 12.3. The summed E-state index contributed by atoms with van der Waals surface area (Å²) in [6.45, 7) is 0.0294. The van der Waals surface area contributed by atoms with Crippen molar-refractivity contribution in [1.29, 1.82) is 0 Å². The number of hydrogen-bond donors (Lipinski definition) is 0. The van der Waals surface area contributed by atoms with Crippen LogP contribution < -0.4 is 9.47 Å². The van der Waals surface area contributed by atoms with E-state index >= 15 is 0 Å². The van der Waals surface area contributed by atoms with Crippen molar-refractivity contribution < 1.29 is 19.1 Å². The van der Waals surface area contributed by atoms with Crippen LogP contribution >= 0.6 is 0 Å². The van der Waals surface area contributed by atoms with Crippen LogP contribution in [-0.4, -0.2) is 40.9 Å². The minimum absolute atomic E-state index is 0.0294. The normalized spacial score (nSPS) is 13.3. The topological polar surface area (TPSA) is 81.6 Å². The van der Waals surface area contributed by atoms with Gasteiger partial charge >= 0.3 is 6.01 Å². The van der Waals surface area contributed by atoms with Crippen molar-refractivity contribution >= 4 is 11.8 Å². The molecule has 0 radical (unpaired) electrons. The third kappa shape index (κ3) is 2.26. The molecule has 1 aliphatic heterocycles. The van der Waals surface area contributed by atoms with Gasteiger partial charge in [-0.1, -0.05) is 12.1 Å². The summed E-state index contributed by atoms with van der Waals surface area (Å²) in [5, 5.41) is 0. The van der Waals surface area contributed by atoms with Crippen molar-refractivity contribution in [2.75, 3.05) is 14.2 Å². The molecule has 0 fully saturated rings. The van der Waals surface area contributed by atoms with E-state index in [0.29, 0.717) is 22.7 Å². The summed E-state index contributed by atoms with van der Waals surface area (Å²) >= 11 is 0. The SMILES string of the molecule is COc1cc(CN2C(=O)c3ccccc3C2=O)nc(OC)n1.